The van der Waals surface area contributed by atoms with Crippen molar-refractivity contribution >= 4 is 5.82 Å². The van der Waals surface area contributed by atoms with E-state index >= 15 is 0 Å². The van der Waals surface area contributed by atoms with Crippen LogP contribution in [-0.4, -0.2) is 49.7 Å². The monoisotopic (exact) mass is 246 g/mol. The lowest BCUT2D eigenvalue weighted by atomic mass is 10.1. The highest BCUT2D eigenvalue weighted by atomic mass is 18.2. The molecule has 1 aromatic rings. The first-order valence-electron chi connectivity index (χ1n) is 4.80. The maximum absolute atomic E-state index is 12.4. The molecule has 94 valence electrons. The number of aliphatic hydroxyl groups is 2. The molecule has 0 aromatic carbocycles. The number of ether oxygens (including phenoxy) is 1. The summed E-state index contributed by atoms with van der Waals surface area (Å²) in [5.41, 5.74) is 0. The van der Waals surface area contributed by atoms with E-state index in [1.807, 2.05) is 0 Å². The Kier molecular flexibility index (Phi) is 3.05. The minimum atomic E-state index is -1.44. The van der Waals surface area contributed by atoms with E-state index < -0.39 is 42.0 Å². The molecule has 4 atom stereocenters. The van der Waals surface area contributed by atoms with Crippen LogP contribution in [0.5, 0.6) is 0 Å². The summed E-state index contributed by atoms with van der Waals surface area (Å²) in [7, 11) is 0. The van der Waals surface area contributed by atoms with E-state index in [1.54, 1.807) is 0 Å². The molecule has 1 aromatic heterocycles. The number of aromatic nitrogens is 2. The van der Waals surface area contributed by atoms with Gasteiger partial charge in [-0.15, -0.1) is 0 Å². The van der Waals surface area contributed by atoms with Gasteiger partial charge in [0.25, 0.3) is 0 Å². The standard InChI is InChI=1S/C8H10FN3O5/c9-1-4-6(13)7(14)8(17-4)11-3-10-2-5(11)12(15)16/h2-4,6-8,13-14H,1H2/i9-1. The number of hydrogen-bond acceptors (Lipinski definition) is 6. The number of rotatable bonds is 3. The SMILES string of the molecule is O=[N+]([O-])c1cncn1C1OC(C[18F])C(O)C1O. The van der Waals surface area contributed by atoms with Gasteiger partial charge in [-0.3, -0.25) is 0 Å². The molecule has 0 spiro atoms. The summed E-state index contributed by atoms with van der Waals surface area (Å²) >= 11 is 0. The average Bonchev–Trinajstić information content (AvgIpc) is 2.86. The molecule has 2 heterocycles. The van der Waals surface area contributed by atoms with Crippen molar-refractivity contribution in [3.63, 3.8) is 0 Å². The predicted molar refractivity (Wildman–Crippen MR) is 50.8 cm³/mol. The summed E-state index contributed by atoms with van der Waals surface area (Å²) < 4.78 is 18.4. The van der Waals surface area contributed by atoms with Crippen molar-refractivity contribution in [1.82, 2.24) is 9.55 Å². The number of halogens is 1. The fourth-order valence-corrected chi connectivity index (χ4v) is 1.72. The highest BCUT2D eigenvalue weighted by Crippen LogP contribution is 2.32. The molecule has 1 aliphatic heterocycles. The number of imidazole rings is 1. The minimum absolute atomic E-state index is 0.402. The van der Waals surface area contributed by atoms with Crippen molar-refractivity contribution in [3.05, 3.63) is 22.6 Å². The molecular formula is C8H10FN3O5. The van der Waals surface area contributed by atoms with Gasteiger partial charge in [0.1, 0.15) is 31.2 Å². The number of alkyl halides is 1. The van der Waals surface area contributed by atoms with Gasteiger partial charge in [0.15, 0.2) is 6.33 Å². The molecule has 8 nitrogen and oxygen atoms in total. The van der Waals surface area contributed by atoms with Gasteiger partial charge >= 0.3 is 5.82 Å². The zero-order valence-corrected chi connectivity index (χ0v) is 8.51. The van der Waals surface area contributed by atoms with Crippen molar-refractivity contribution in [3.8, 4) is 0 Å². The molecule has 9 heteroatoms. The van der Waals surface area contributed by atoms with Crippen LogP contribution in [0.1, 0.15) is 6.23 Å². The molecule has 0 bridgehead atoms. The molecule has 0 saturated carbocycles. The highest BCUT2D eigenvalue weighted by Gasteiger charge is 2.47. The Morgan fingerprint density at radius 3 is 2.82 bits per heavy atom. The van der Waals surface area contributed by atoms with Crippen LogP contribution in [0.4, 0.5) is 10.2 Å². The Morgan fingerprint density at radius 2 is 2.29 bits per heavy atom. The van der Waals surface area contributed by atoms with Crippen LogP contribution in [-0.2, 0) is 4.74 Å². The second-order valence-corrected chi connectivity index (χ2v) is 3.62. The van der Waals surface area contributed by atoms with Crippen LogP contribution in [0, 0.1) is 10.1 Å². The van der Waals surface area contributed by atoms with E-state index in [-0.39, 0.29) is 0 Å². The summed E-state index contributed by atoms with van der Waals surface area (Å²) in [5, 5.41) is 29.7. The molecule has 0 aliphatic carbocycles. The molecule has 1 saturated heterocycles. The van der Waals surface area contributed by atoms with Gasteiger partial charge in [0.2, 0.25) is 6.23 Å². The van der Waals surface area contributed by atoms with Gasteiger partial charge in [-0.05, 0) is 4.92 Å². The number of nitrogens with zero attached hydrogens (tertiary/aromatic N) is 3. The lowest BCUT2D eigenvalue weighted by Gasteiger charge is -2.12. The largest absolute Gasteiger partial charge is 0.387 e. The average molecular weight is 246 g/mol. The Morgan fingerprint density at radius 1 is 1.59 bits per heavy atom. The molecular weight excluding hydrogens is 236 g/mol. The van der Waals surface area contributed by atoms with Gasteiger partial charge in [-0.25, -0.2) is 9.37 Å². The van der Waals surface area contributed by atoms with E-state index in [4.69, 9.17) is 4.74 Å². The van der Waals surface area contributed by atoms with Gasteiger partial charge in [0, 0.05) is 0 Å². The van der Waals surface area contributed by atoms with Crippen LogP contribution in [0.25, 0.3) is 0 Å². The molecule has 17 heavy (non-hydrogen) atoms. The van der Waals surface area contributed by atoms with E-state index in [1.165, 1.54) is 0 Å². The van der Waals surface area contributed by atoms with Crippen LogP contribution in [0.3, 0.4) is 0 Å². The third-order valence-corrected chi connectivity index (χ3v) is 2.60. The van der Waals surface area contributed by atoms with E-state index in [0.29, 0.717) is 0 Å². The van der Waals surface area contributed by atoms with Crippen molar-refractivity contribution in [2.45, 2.75) is 24.5 Å². The van der Waals surface area contributed by atoms with Gasteiger partial charge < -0.3 is 25.1 Å². The quantitative estimate of drug-likeness (QED) is 0.543. The molecule has 1 fully saturated rings. The van der Waals surface area contributed by atoms with Crippen molar-refractivity contribution < 1.29 is 24.3 Å². The first-order valence-corrected chi connectivity index (χ1v) is 4.80. The number of aliphatic hydroxyl groups excluding tert-OH is 2. The van der Waals surface area contributed by atoms with Crippen LogP contribution >= 0.6 is 0 Å². The molecule has 4 unspecified atom stereocenters. The first-order chi connectivity index (χ1) is 8.06. The highest BCUT2D eigenvalue weighted by molar-refractivity contribution is 5.16. The predicted octanol–water partition coefficient (Wildman–Crippen LogP) is -0.620. The summed E-state index contributed by atoms with van der Waals surface area (Å²) in [5.74, 6) is -0.402. The zero-order valence-electron chi connectivity index (χ0n) is 8.51. The number of nitro groups is 1. The maximum atomic E-state index is 12.4. The third-order valence-electron chi connectivity index (χ3n) is 2.60. The fourth-order valence-electron chi connectivity index (χ4n) is 1.72. The van der Waals surface area contributed by atoms with Crippen LogP contribution in [0.15, 0.2) is 12.5 Å². The topological polar surface area (TPSA) is 111 Å². The zero-order chi connectivity index (χ0) is 12.6. The third kappa shape index (κ3) is 1.88. The Hall–Kier alpha value is -1.58. The summed E-state index contributed by atoms with van der Waals surface area (Å²) in [4.78, 5) is 13.5. The summed E-state index contributed by atoms with van der Waals surface area (Å²) in [6, 6.07) is 0. The molecule has 2 N–H and O–H groups in total. The lowest BCUT2D eigenvalue weighted by Crippen LogP contribution is -2.32. The van der Waals surface area contributed by atoms with Gasteiger partial charge in [-0.1, -0.05) is 0 Å². The summed E-state index contributed by atoms with van der Waals surface area (Å²) in [6.07, 6.45) is -3.22. The first kappa shape index (κ1) is 11.9. The van der Waals surface area contributed by atoms with Crippen LogP contribution < -0.4 is 0 Å². The van der Waals surface area contributed by atoms with Crippen molar-refractivity contribution in [1.29, 1.82) is 0 Å². The number of hydrogen-bond donors (Lipinski definition) is 2. The Balaban J connectivity index is 2.29. The van der Waals surface area contributed by atoms with E-state index in [0.717, 1.165) is 17.1 Å². The van der Waals surface area contributed by atoms with E-state index in [2.05, 4.69) is 4.98 Å². The molecule has 0 amide bonds. The Labute approximate surface area is 94.4 Å². The Bertz CT molecular complexity index is 425. The summed E-state index contributed by atoms with van der Waals surface area (Å²) in [6.45, 7) is -0.989. The second-order valence-electron chi connectivity index (χ2n) is 3.62. The van der Waals surface area contributed by atoms with Crippen molar-refractivity contribution in [2.75, 3.05) is 6.67 Å². The van der Waals surface area contributed by atoms with E-state index in [9.17, 15) is 24.7 Å². The van der Waals surface area contributed by atoms with Gasteiger partial charge in [-0.2, -0.15) is 4.57 Å². The molecule has 0 radical (unpaired) electrons. The van der Waals surface area contributed by atoms with Crippen LogP contribution in [0.2, 0.25) is 0 Å². The molecule has 2 rings (SSSR count). The minimum Gasteiger partial charge on any atom is -0.387 e. The van der Waals surface area contributed by atoms with Crippen molar-refractivity contribution in [2.24, 2.45) is 0 Å². The second kappa shape index (κ2) is 4.35. The normalized spacial score (nSPS) is 32.9. The smallest absolute Gasteiger partial charge is 0.344 e. The van der Waals surface area contributed by atoms with Gasteiger partial charge in [0.05, 0.1) is 0 Å². The molecule has 1 aliphatic rings. The maximum Gasteiger partial charge on any atom is 0.344 e. The fraction of sp³-hybridized carbons (Fsp3) is 0.625. The lowest BCUT2D eigenvalue weighted by molar-refractivity contribution is -0.394.